The maximum atomic E-state index is 10.3. The average Bonchev–Trinajstić information content (AvgIpc) is 3.37. The van der Waals surface area contributed by atoms with Gasteiger partial charge in [-0.3, -0.25) is 4.90 Å². The topological polar surface area (TPSA) is 52.9 Å². The van der Waals surface area contributed by atoms with Crippen LogP contribution < -0.4 is 0 Å². The normalized spacial score (nSPS) is 22.6. The number of hydrogen-bond acceptors (Lipinski definition) is 4. The van der Waals surface area contributed by atoms with E-state index in [4.69, 9.17) is 9.84 Å². The molecule has 2 aliphatic rings. The first-order chi connectivity index (χ1) is 10.8. The van der Waals surface area contributed by atoms with Gasteiger partial charge in [0.05, 0.1) is 25.4 Å². The lowest BCUT2D eigenvalue weighted by molar-refractivity contribution is -0.0301. The van der Waals surface area contributed by atoms with Crippen LogP contribution in [0.15, 0.2) is 24.3 Å². The number of aryl methyl sites for hydroxylation is 1. The van der Waals surface area contributed by atoms with Gasteiger partial charge in [-0.1, -0.05) is 24.3 Å². The van der Waals surface area contributed by atoms with E-state index < -0.39 is 6.10 Å². The molecule has 0 saturated heterocycles. The van der Waals surface area contributed by atoms with Gasteiger partial charge in [-0.25, -0.2) is 0 Å². The van der Waals surface area contributed by atoms with E-state index in [1.165, 1.54) is 24.0 Å². The van der Waals surface area contributed by atoms with Gasteiger partial charge in [0.1, 0.15) is 0 Å². The van der Waals surface area contributed by atoms with Crippen molar-refractivity contribution in [1.82, 2.24) is 4.90 Å². The second kappa shape index (κ2) is 7.55. The van der Waals surface area contributed by atoms with Crippen molar-refractivity contribution in [3.05, 3.63) is 35.4 Å². The Morgan fingerprint density at radius 1 is 1.23 bits per heavy atom. The Hall–Kier alpha value is -0.940. The first kappa shape index (κ1) is 15.9. The molecule has 1 fully saturated rings. The van der Waals surface area contributed by atoms with Crippen LogP contribution in [0.3, 0.4) is 0 Å². The number of fused-ring (bicyclic) bond motifs is 1. The summed E-state index contributed by atoms with van der Waals surface area (Å²) < 4.78 is 6.01. The molecule has 1 aromatic rings. The lowest BCUT2D eigenvalue weighted by Gasteiger charge is -2.28. The molecule has 122 valence electrons. The summed E-state index contributed by atoms with van der Waals surface area (Å²) in [6.45, 7) is 1.77. The van der Waals surface area contributed by atoms with Crippen LogP contribution in [0.25, 0.3) is 0 Å². The monoisotopic (exact) mass is 305 g/mol. The van der Waals surface area contributed by atoms with Gasteiger partial charge < -0.3 is 14.9 Å². The Morgan fingerprint density at radius 2 is 2.05 bits per heavy atom. The summed E-state index contributed by atoms with van der Waals surface area (Å²) in [6.07, 6.45) is 5.31. The Labute approximate surface area is 132 Å². The minimum absolute atomic E-state index is 0.117. The fraction of sp³-hybridized carbons (Fsp3) is 0.667. The molecule has 2 N–H and O–H groups in total. The van der Waals surface area contributed by atoms with Crippen LogP contribution in [0.1, 0.15) is 42.9 Å². The lowest BCUT2D eigenvalue weighted by atomic mass is 9.89. The Balaban J connectivity index is 1.50. The highest BCUT2D eigenvalue weighted by atomic mass is 16.5. The van der Waals surface area contributed by atoms with Crippen LogP contribution in [0.2, 0.25) is 0 Å². The molecule has 22 heavy (non-hydrogen) atoms. The molecule has 0 bridgehead atoms. The zero-order valence-electron chi connectivity index (χ0n) is 13.2. The number of aliphatic hydroxyl groups is 2. The van der Waals surface area contributed by atoms with Crippen LogP contribution in [0, 0.1) is 0 Å². The number of benzene rings is 1. The first-order valence-corrected chi connectivity index (χ1v) is 8.50. The van der Waals surface area contributed by atoms with E-state index in [9.17, 15) is 5.11 Å². The summed E-state index contributed by atoms with van der Waals surface area (Å²) >= 11 is 0. The van der Waals surface area contributed by atoms with Crippen molar-refractivity contribution >= 4 is 0 Å². The number of nitrogens with zero attached hydrogens (tertiary/aromatic N) is 1. The SMILES string of the molecule is OCCN(CC(O)COC1CCCc2ccccc21)C1CC1. The highest BCUT2D eigenvalue weighted by molar-refractivity contribution is 5.31. The maximum absolute atomic E-state index is 10.3. The minimum atomic E-state index is -0.485. The van der Waals surface area contributed by atoms with E-state index in [1.807, 2.05) is 0 Å². The van der Waals surface area contributed by atoms with Gasteiger partial charge in [0.25, 0.3) is 0 Å². The van der Waals surface area contributed by atoms with Gasteiger partial charge in [0.15, 0.2) is 0 Å². The smallest absolute Gasteiger partial charge is 0.0900 e. The standard InChI is InChI=1S/C18H27NO3/c20-11-10-19(15-8-9-15)12-16(21)13-22-18-7-3-5-14-4-1-2-6-17(14)18/h1-2,4,6,15-16,18,20-21H,3,5,7-13H2. The highest BCUT2D eigenvalue weighted by Crippen LogP contribution is 2.32. The van der Waals surface area contributed by atoms with E-state index in [-0.39, 0.29) is 12.7 Å². The predicted molar refractivity (Wildman–Crippen MR) is 85.8 cm³/mol. The molecule has 4 heteroatoms. The van der Waals surface area contributed by atoms with E-state index in [2.05, 4.69) is 29.2 Å². The molecule has 2 unspecified atom stereocenters. The fourth-order valence-electron chi connectivity index (χ4n) is 3.42. The van der Waals surface area contributed by atoms with Crippen LogP contribution in [0.5, 0.6) is 0 Å². The zero-order chi connectivity index (χ0) is 15.4. The molecule has 0 spiro atoms. The molecule has 0 amide bonds. The van der Waals surface area contributed by atoms with Gasteiger partial charge in [-0.15, -0.1) is 0 Å². The summed E-state index contributed by atoms with van der Waals surface area (Å²) in [5.41, 5.74) is 2.67. The van der Waals surface area contributed by atoms with Crippen LogP contribution in [-0.4, -0.2) is 53.6 Å². The van der Waals surface area contributed by atoms with Gasteiger partial charge in [0.2, 0.25) is 0 Å². The third-order valence-electron chi connectivity index (χ3n) is 4.70. The molecule has 2 aliphatic carbocycles. The maximum Gasteiger partial charge on any atom is 0.0900 e. The van der Waals surface area contributed by atoms with Crippen LogP contribution >= 0.6 is 0 Å². The number of aliphatic hydroxyl groups excluding tert-OH is 2. The number of hydrogen-bond donors (Lipinski definition) is 2. The van der Waals surface area contributed by atoms with Crippen molar-refractivity contribution in [3.8, 4) is 0 Å². The van der Waals surface area contributed by atoms with Crippen molar-refractivity contribution in [2.75, 3.05) is 26.3 Å². The van der Waals surface area contributed by atoms with E-state index in [1.54, 1.807) is 0 Å². The first-order valence-electron chi connectivity index (χ1n) is 8.50. The number of rotatable bonds is 8. The summed E-state index contributed by atoms with van der Waals surface area (Å²) in [7, 11) is 0. The van der Waals surface area contributed by atoms with E-state index >= 15 is 0 Å². The van der Waals surface area contributed by atoms with Gasteiger partial charge in [-0.05, 0) is 43.2 Å². The molecule has 0 aromatic heterocycles. The third kappa shape index (κ3) is 4.07. The molecule has 4 nitrogen and oxygen atoms in total. The molecule has 0 radical (unpaired) electrons. The average molecular weight is 305 g/mol. The Morgan fingerprint density at radius 3 is 2.82 bits per heavy atom. The molecule has 2 atom stereocenters. The van der Waals surface area contributed by atoms with Crippen molar-refractivity contribution in [1.29, 1.82) is 0 Å². The second-order valence-electron chi connectivity index (χ2n) is 6.52. The largest absolute Gasteiger partial charge is 0.395 e. The van der Waals surface area contributed by atoms with E-state index in [0.29, 0.717) is 25.7 Å². The van der Waals surface area contributed by atoms with Crippen molar-refractivity contribution in [2.45, 2.75) is 50.4 Å². The molecular weight excluding hydrogens is 278 g/mol. The molecule has 1 saturated carbocycles. The van der Waals surface area contributed by atoms with Crippen molar-refractivity contribution in [2.24, 2.45) is 0 Å². The van der Waals surface area contributed by atoms with Crippen molar-refractivity contribution < 1.29 is 14.9 Å². The Kier molecular flexibility index (Phi) is 5.47. The zero-order valence-corrected chi connectivity index (χ0v) is 13.2. The number of ether oxygens (including phenoxy) is 1. The van der Waals surface area contributed by atoms with Gasteiger partial charge >= 0.3 is 0 Å². The van der Waals surface area contributed by atoms with Crippen LogP contribution in [0.4, 0.5) is 0 Å². The Bertz CT molecular complexity index is 475. The van der Waals surface area contributed by atoms with Gasteiger partial charge in [0, 0.05) is 19.1 Å². The summed E-state index contributed by atoms with van der Waals surface area (Å²) in [6, 6.07) is 9.02. The summed E-state index contributed by atoms with van der Waals surface area (Å²) in [5.74, 6) is 0. The quantitative estimate of drug-likeness (QED) is 0.770. The summed E-state index contributed by atoms with van der Waals surface area (Å²) in [5, 5.41) is 19.4. The third-order valence-corrected chi connectivity index (χ3v) is 4.70. The van der Waals surface area contributed by atoms with Crippen LogP contribution in [-0.2, 0) is 11.2 Å². The minimum Gasteiger partial charge on any atom is -0.395 e. The summed E-state index contributed by atoms with van der Waals surface area (Å²) in [4.78, 5) is 2.18. The lowest BCUT2D eigenvalue weighted by Crippen LogP contribution is -2.38. The van der Waals surface area contributed by atoms with Crippen molar-refractivity contribution in [3.63, 3.8) is 0 Å². The second-order valence-corrected chi connectivity index (χ2v) is 6.52. The molecule has 0 aliphatic heterocycles. The highest BCUT2D eigenvalue weighted by Gasteiger charge is 2.30. The molecule has 3 rings (SSSR count). The molecular formula is C18H27NO3. The van der Waals surface area contributed by atoms with E-state index in [0.717, 1.165) is 19.3 Å². The van der Waals surface area contributed by atoms with Gasteiger partial charge in [-0.2, -0.15) is 0 Å². The predicted octanol–water partition coefficient (Wildman–Crippen LogP) is 1.90. The fourth-order valence-corrected chi connectivity index (χ4v) is 3.42. The molecule has 0 heterocycles. The molecule has 1 aromatic carbocycles.